The van der Waals surface area contributed by atoms with Crippen LogP contribution in [-0.4, -0.2) is 32.0 Å². The summed E-state index contributed by atoms with van der Waals surface area (Å²) in [5, 5.41) is 4.04. The first-order valence-corrected chi connectivity index (χ1v) is 11.4. The summed E-state index contributed by atoms with van der Waals surface area (Å²) in [6.45, 7) is 2.69. The van der Waals surface area contributed by atoms with Gasteiger partial charge in [-0.25, -0.2) is 14.8 Å². The first-order valence-electron chi connectivity index (χ1n) is 10.6. The normalized spacial score (nSPS) is 20.7. The highest BCUT2D eigenvalue weighted by Gasteiger charge is 2.34. The van der Waals surface area contributed by atoms with E-state index in [1.54, 1.807) is 11.6 Å². The average Bonchev–Trinajstić information content (AvgIpc) is 3.48. The first-order chi connectivity index (χ1) is 14.6. The zero-order valence-corrected chi connectivity index (χ0v) is 18.0. The van der Waals surface area contributed by atoms with Gasteiger partial charge >= 0.3 is 6.03 Å². The molecule has 2 aromatic heterocycles. The second kappa shape index (κ2) is 7.50. The Morgan fingerprint density at radius 2 is 2.10 bits per heavy atom. The van der Waals surface area contributed by atoms with Crippen LogP contribution in [0.1, 0.15) is 60.2 Å². The molecule has 1 saturated heterocycles. The molecule has 1 unspecified atom stereocenters. The molecule has 5 rings (SSSR count). The van der Waals surface area contributed by atoms with Gasteiger partial charge in [0.05, 0.1) is 12.1 Å². The zero-order chi connectivity index (χ0) is 20.8. The van der Waals surface area contributed by atoms with E-state index in [4.69, 9.17) is 0 Å². The molecule has 3 aromatic rings. The van der Waals surface area contributed by atoms with E-state index in [1.165, 1.54) is 22.5 Å². The lowest BCUT2D eigenvalue weighted by Gasteiger charge is -2.25. The Morgan fingerprint density at radius 1 is 1.27 bits per heavy atom. The summed E-state index contributed by atoms with van der Waals surface area (Å²) < 4.78 is 1.57. The molecule has 2 amide bonds. The largest absolute Gasteiger partial charge is 0.331 e. The Labute approximate surface area is 178 Å². The Balaban J connectivity index is 1.41. The predicted octanol–water partition coefficient (Wildman–Crippen LogP) is 3.49. The number of amides is 2. The topological polar surface area (TPSA) is 80.1 Å². The van der Waals surface area contributed by atoms with E-state index in [-0.39, 0.29) is 23.7 Å². The van der Waals surface area contributed by atoms with Gasteiger partial charge in [0.2, 0.25) is 0 Å². The number of rotatable bonds is 3. The molecule has 1 fully saturated rings. The van der Waals surface area contributed by atoms with Gasteiger partial charge in [-0.05, 0) is 36.8 Å². The van der Waals surface area contributed by atoms with Gasteiger partial charge in [0, 0.05) is 20.0 Å². The fourth-order valence-electron chi connectivity index (χ4n) is 4.68. The number of benzene rings is 1. The Bertz CT molecular complexity index is 1180. The van der Waals surface area contributed by atoms with Gasteiger partial charge in [-0.3, -0.25) is 9.36 Å². The van der Waals surface area contributed by atoms with Crippen molar-refractivity contribution in [1.82, 2.24) is 24.8 Å². The van der Waals surface area contributed by atoms with E-state index >= 15 is 0 Å². The van der Waals surface area contributed by atoms with Crippen molar-refractivity contribution in [1.29, 1.82) is 0 Å². The fourth-order valence-corrected chi connectivity index (χ4v) is 5.77. The number of hydrogen-bond donors (Lipinski definition) is 1. The molecule has 2 atom stereocenters. The maximum Gasteiger partial charge on any atom is 0.318 e. The molecule has 1 N–H and O–H groups in total. The summed E-state index contributed by atoms with van der Waals surface area (Å²) in [4.78, 5) is 37.6. The van der Waals surface area contributed by atoms with Crippen molar-refractivity contribution in [3.05, 3.63) is 56.6 Å². The van der Waals surface area contributed by atoms with Crippen LogP contribution in [-0.2, 0) is 19.9 Å². The standard InChI is InChI=1S/C22H25N5O2S/c1-3-17-24-20-18(21(28)26(17)2)25-19(30-20)16-9-6-12-27(16)22(29)23-15-11-10-13-7-4-5-8-14(13)15/h4-5,7-8,15-16H,3,6,9-12H2,1-2H3,(H,23,29)/t15-,16?/m1/s1. The number of fused-ring (bicyclic) bond motifs is 2. The van der Waals surface area contributed by atoms with E-state index < -0.39 is 0 Å². The van der Waals surface area contributed by atoms with Crippen LogP contribution in [0.15, 0.2) is 29.1 Å². The quantitative estimate of drug-likeness (QED) is 0.699. The number of hydrogen-bond acceptors (Lipinski definition) is 5. The third-order valence-corrected chi connectivity index (χ3v) is 7.35. The number of carbonyl (C=O) groups is 1. The van der Waals surface area contributed by atoms with Crippen LogP contribution in [0.4, 0.5) is 4.79 Å². The van der Waals surface area contributed by atoms with Crippen molar-refractivity contribution in [2.24, 2.45) is 7.05 Å². The van der Waals surface area contributed by atoms with Crippen molar-refractivity contribution in [2.75, 3.05) is 6.54 Å². The minimum Gasteiger partial charge on any atom is -0.331 e. The first kappa shape index (κ1) is 19.2. The van der Waals surface area contributed by atoms with Crippen LogP contribution in [0.5, 0.6) is 0 Å². The van der Waals surface area contributed by atoms with Gasteiger partial charge in [-0.2, -0.15) is 0 Å². The number of aromatic nitrogens is 3. The zero-order valence-electron chi connectivity index (χ0n) is 17.2. The molecule has 7 nitrogen and oxygen atoms in total. The van der Waals surface area contributed by atoms with Crippen LogP contribution in [0, 0.1) is 0 Å². The van der Waals surface area contributed by atoms with Crippen LogP contribution in [0.2, 0.25) is 0 Å². The third-order valence-electron chi connectivity index (χ3n) is 6.30. The number of urea groups is 1. The molecule has 2 aliphatic rings. The number of thiazole rings is 1. The summed E-state index contributed by atoms with van der Waals surface area (Å²) in [5.41, 5.74) is 2.84. The predicted molar refractivity (Wildman–Crippen MR) is 117 cm³/mol. The second-order valence-electron chi connectivity index (χ2n) is 8.04. The molecule has 1 aliphatic heterocycles. The van der Waals surface area contributed by atoms with Gasteiger partial charge in [-0.15, -0.1) is 0 Å². The van der Waals surface area contributed by atoms with Gasteiger partial charge in [0.1, 0.15) is 10.8 Å². The molecule has 30 heavy (non-hydrogen) atoms. The molecule has 1 aliphatic carbocycles. The Morgan fingerprint density at radius 3 is 2.93 bits per heavy atom. The molecule has 8 heteroatoms. The number of likely N-dealkylation sites (tertiary alicyclic amines) is 1. The van der Waals surface area contributed by atoms with Crippen molar-refractivity contribution >= 4 is 27.7 Å². The lowest BCUT2D eigenvalue weighted by Crippen LogP contribution is -2.40. The van der Waals surface area contributed by atoms with Crippen LogP contribution < -0.4 is 10.9 Å². The van der Waals surface area contributed by atoms with E-state index in [9.17, 15) is 9.59 Å². The minimum atomic E-state index is -0.115. The lowest BCUT2D eigenvalue weighted by molar-refractivity contribution is 0.189. The van der Waals surface area contributed by atoms with Gasteiger partial charge < -0.3 is 10.2 Å². The van der Waals surface area contributed by atoms with Crippen molar-refractivity contribution in [3.8, 4) is 0 Å². The molecule has 0 radical (unpaired) electrons. The Hall–Kier alpha value is -2.74. The van der Waals surface area contributed by atoms with Gasteiger partial charge in [0.15, 0.2) is 10.3 Å². The lowest BCUT2D eigenvalue weighted by atomic mass is 10.1. The summed E-state index contributed by atoms with van der Waals surface area (Å²) in [6.07, 6.45) is 4.41. The van der Waals surface area contributed by atoms with E-state index in [0.717, 1.165) is 36.5 Å². The van der Waals surface area contributed by atoms with E-state index in [2.05, 4.69) is 33.5 Å². The smallest absolute Gasteiger partial charge is 0.318 e. The SMILES string of the molecule is CCc1nc2sc(C3CCCN3C(=O)N[C@@H]3CCc4ccccc43)nc2c(=O)n1C. The number of carbonyl (C=O) groups excluding carboxylic acids is 1. The molecule has 0 saturated carbocycles. The van der Waals surface area contributed by atoms with Gasteiger partial charge in [0.25, 0.3) is 5.56 Å². The third kappa shape index (κ3) is 3.10. The summed E-state index contributed by atoms with van der Waals surface area (Å²) in [6, 6.07) is 8.24. The average molecular weight is 424 g/mol. The fraction of sp³-hybridized carbons (Fsp3) is 0.455. The van der Waals surface area contributed by atoms with Crippen molar-refractivity contribution < 1.29 is 4.79 Å². The maximum absolute atomic E-state index is 13.1. The van der Waals surface area contributed by atoms with Crippen molar-refractivity contribution in [3.63, 3.8) is 0 Å². The van der Waals surface area contributed by atoms with Crippen LogP contribution in [0.25, 0.3) is 10.3 Å². The molecular formula is C22H25N5O2S. The van der Waals surface area contributed by atoms with Crippen LogP contribution in [0.3, 0.4) is 0 Å². The van der Waals surface area contributed by atoms with Gasteiger partial charge in [-0.1, -0.05) is 42.5 Å². The number of nitrogens with zero attached hydrogens (tertiary/aromatic N) is 4. The molecule has 0 spiro atoms. The maximum atomic E-state index is 13.1. The number of aryl methyl sites for hydroxylation is 2. The van der Waals surface area contributed by atoms with Crippen molar-refractivity contribution in [2.45, 2.75) is 51.1 Å². The minimum absolute atomic E-state index is 0.0476. The molecular weight excluding hydrogens is 398 g/mol. The summed E-state index contributed by atoms with van der Waals surface area (Å²) >= 11 is 1.44. The summed E-state index contributed by atoms with van der Waals surface area (Å²) in [5.74, 6) is 0.753. The Kier molecular flexibility index (Phi) is 4.81. The van der Waals surface area contributed by atoms with Crippen LogP contribution >= 0.6 is 11.3 Å². The van der Waals surface area contributed by atoms with E-state index in [1.807, 2.05) is 17.9 Å². The molecule has 156 valence electrons. The second-order valence-corrected chi connectivity index (χ2v) is 9.05. The molecule has 0 bridgehead atoms. The monoisotopic (exact) mass is 423 g/mol. The summed E-state index contributed by atoms with van der Waals surface area (Å²) in [7, 11) is 1.74. The molecule has 1 aromatic carbocycles. The highest BCUT2D eigenvalue weighted by atomic mass is 32.1. The highest BCUT2D eigenvalue weighted by Crippen LogP contribution is 2.37. The van der Waals surface area contributed by atoms with E-state index in [0.29, 0.717) is 23.3 Å². The molecule has 3 heterocycles. The number of nitrogens with one attached hydrogen (secondary N) is 1. The highest BCUT2D eigenvalue weighted by molar-refractivity contribution is 7.18.